The van der Waals surface area contributed by atoms with Crippen LogP contribution in [0.5, 0.6) is 0 Å². The van der Waals surface area contributed by atoms with Crippen LogP contribution in [0.25, 0.3) is 5.69 Å². The van der Waals surface area contributed by atoms with Gasteiger partial charge in [0.05, 0.1) is 19.0 Å². The third-order valence-corrected chi connectivity index (χ3v) is 5.26. The molecule has 2 aromatic carbocycles. The molecule has 0 spiro atoms. The fourth-order valence-corrected chi connectivity index (χ4v) is 3.57. The number of esters is 1. The van der Waals surface area contributed by atoms with Crippen LogP contribution >= 0.6 is 0 Å². The van der Waals surface area contributed by atoms with Gasteiger partial charge in [0.1, 0.15) is 11.4 Å². The second-order valence-electron chi connectivity index (χ2n) is 7.01. The van der Waals surface area contributed by atoms with Gasteiger partial charge in [0.15, 0.2) is 0 Å². The summed E-state index contributed by atoms with van der Waals surface area (Å²) >= 11 is 0. The predicted molar refractivity (Wildman–Crippen MR) is 114 cm³/mol. The number of rotatable bonds is 4. The Morgan fingerprint density at radius 1 is 0.933 bits per heavy atom. The van der Waals surface area contributed by atoms with E-state index < -0.39 is 5.97 Å². The molecule has 2 N–H and O–H groups in total. The summed E-state index contributed by atoms with van der Waals surface area (Å²) in [6.45, 7) is 2.94. The minimum Gasteiger partial charge on any atom is -0.465 e. The van der Waals surface area contributed by atoms with Gasteiger partial charge in [-0.2, -0.15) is 5.10 Å². The standard InChI is InChI=1S/C22H23N5O3/c1-30-22(29)19-15-24-27(20(19)23)18-9-7-16(8-10-18)21(28)26-13-11-25(12-14-26)17-5-3-2-4-6-17/h2-10,15H,11-14,23H2,1H3. The zero-order chi connectivity index (χ0) is 21.1. The number of para-hydroxylation sites is 1. The molecule has 1 fully saturated rings. The minimum atomic E-state index is -0.541. The highest BCUT2D eigenvalue weighted by molar-refractivity contribution is 5.95. The molecule has 1 amide bonds. The van der Waals surface area contributed by atoms with Crippen molar-refractivity contribution in [2.24, 2.45) is 0 Å². The highest BCUT2D eigenvalue weighted by Crippen LogP contribution is 2.20. The Morgan fingerprint density at radius 2 is 1.60 bits per heavy atom. The molecular formula is C22H23N5O3. The Hall–Kier alpha value is -3.81. The summed E-state index contributed by atoms with van der Waals surface area (Å²) in [5, 5.41) is 4.15. The Kier molecular flexibility index (Phi) is 5.38. The number of hydrogen-bond donors (Lipinski definition) is 1. The third kappa shape index (κ3) is 3.71. The van der Waals surface area contributed by atoms with Gasteiger partial charge in [0.2, 0.25) is 0 Å². The molecule has 30 heavy (non-hydrogen) atoms. The highest BCUT2D eigenvalue weighted by Gasteiger charge is 2.22. The third-order valence-electron chi connectivity index (χ3n) is 5.26. The molecule has 4 rings (SSSR count). The Balaban J connectivity index is 1.43. The summed E-state index contributed by atoms with van der Waals surface area (Å²) in [7, 11) is 1.29. The highest BCUT2D eigenvalue weighted by atomic mass is 16.5. The Labute approximate surface area is 174 Å². The molecule has 1 aromatic heterocycles. The van der Waals surface area contributed by atoms with Crippen molar-refractivity contribution in [3.8, 4) is 5.69 Å². The summed E-state index contributed by atoms with van der Waals surface area (Å²) in [6.07, 6.45) is 1.37. The maximum absolute atomic E-state index is 12.9. The number of benzene rings is 2. The van der Waals surface area contributed by atoms with Crippen LogP contribution in [0.15, 0.2) is 60.8 Å². The number of nitrogen functional groups attached to an aromatic ring is 1. The SMILES string of the molecule is COC(=O)c1cnn(-c2ccc(C(=O)N3CCN(c4ccccc4)CC3)cc2)c1N. The number of amides is 1. The van der Waals surface area contributed by atoms with Crippen molar-refractivity contribution in [1.29, 1.82) is 0 Å². The number of carbonyl (C=O) groups is 2. The van der Waals surface area contributed by atoms with Crippen LogP contribution in [0.3, 0.4) is 0 Å². The molecule has 1 saturated heterocycles. The average Bonchev–Trinajstić information content (AvgIpc) is 3.20. The topological polar surface area (TPSA) is 93.7 Å². The number of carbonyl (C=O) groups excluding carboxylic acids is 2. The first-order valence-corrected chi connectivity index (χ1v) is 9.70. The monoisotopic (exact) mass is 405 g/mol. The lowest BCUT2D eigenvalue weighted by molar-refractivity contribution is 0.0601. The first-order chi connectivity index (χ1) is 14.6. The molecule has 0 aliphatic carbocycles. The van der Waals surface area contributed by atoms with E-state index in [2.05, 4.69) is 22.1 Å². The van der Waals surface area contributed by atoms with Crippen molar-refractivity contribution >= 4 is 23.4 Å². The number of ether oxygens (including phenoxy) is 1. The van der Waals surface area contributed by atoms with Crippen LogP contribution in [-0.4, -0.2) is 59.8 Å². The zero-order valence-corrected chi connectivity index (χ0v) is 16.7. The van der Waals surface area contributed by atoms with Crippen LogP contribution in [0.2, 0.25) is 0 Å². The second kappa shape index (κ2) is 8.28. The molecule has 0 radical (unpaired) electrons. The lowest BCUT2D eigenvalue weighted by atomic mass is 10.1. The van der Waals surface area contributed by atoms with Crippen LogP contribution in [0.4, 0.5) is 11.5 Å². The number of methoxy groups -OCH3 is 1. The summed E-state index contributed by atoms with van der Waals surface area (Å²) in [4.78, 5) is 28.7. The van der Waals surface area contributed by atoms with Gasteiger partial charge in [-0.15, -0.1) is 0 Å². The molecule has 0 atom stereocenters. The molecule has 3 aromatic rings. The molecule has 0 unspecified atom stereocenters. The van der Waals surface area contributed by atoms with Gasteiger partial charge in [-0.25, -0.2) is 9.48 Å². The van der Waals surface area contributed by atoms with E-state index in [1.54, 1.807) is 24.3 Å². The van der Waals surface area contributed by atoms with E-state index in [0.717, 1.165) is 13.1 Å². The van der Waals surface area contributed by atoms with Crippen molar-refractivity contribution < 1.29 is 14.3 Å². The summed E-state index contributed by atoms with van der Waals surface area (Å²) in [6, 6.07) is 17.2. The minimum absolute atomic E-state index is 0.00190. The Morgan fingerprint density at radius 3 is 2.23 bits per heavy atom. The smallest absolute Gasteiger partial charge is 0.343 e. The lowest BCUT2D eigenvalue weighted by Crippen LogP contribution is -2.48. The van der Waals surface area contributed by atoms with Crippen molar-refractivity contribution in [3.63, 3.8) is 0 Å². The number of aromatic nitrogens is 2. The first-order valence-electron chi connectivity index (χ1n) is 9.70. The Bertz CT molecular complexity index is 1040. The van der Waals surface area contributed by atoms with E-state index in [1.165, 1.54) is 23.7 Å². The molecule has 0 saturated carbocycles. The second-order valence-corrected chi connectivity index (χ2v) is 7.01. The van der Waals surface area contributed by atoms with Gasteiger partial charge < -0.3 is 20.3 Å². The molecule has 8 heteroatoms. The number of nitrogens with two attached hydrogens (primary N) is 1. The van der Waals surface area contributed by atoms with Crippen molar-refractivity contribution in [2.75, 3.05) is 43.9 Å². The quantitative estimate of drug-likeness (QED) is 0.669. The van der Waals surface area contributed by atoms with Crippen LogP contribution in [-0.2, 0) is 4.74 Å². The first kappa shape index (κ1) is 19.5. The molecule has 154 valence electrons. The van der Waals surface area contributed by atoms with Crippen LogP contribution < -0.4 is 10.6 Å². The molecule has 0 bridgehead atoms. The number of anilines is 2. The van der Waals surface area contributed by atoms with Crippen molar-refractivity contribution in [3.05, 3.63) is 71.9 Å². The van der Waals surface area contributed by atoms with E-state index in [-0.39, 0.29) is 17.3 Å². The number of piperazine rings is 1. The van der Waals surface area contributed by atoms with Gasteiger partial charge in [-0.05, 0) is 36.4 Å². The van der Waals surface area contributed by atoms with Crippen molar-refractivity contribution in [2.45, 2.75) is 0 Å². The predicted octanol–water partition coefficient (Wildman–Crippen LogP) is 2.20. The number of hydrogen-bond acceptors (Lipinski definition) is 6. The van der Waals surface area contributed by atoms with Gasteiger partial charge >= 0.3 is 5.97 Å². The molecular weight excluding hydrogens is 382 g/mol. The number of nitrogens with zero attached hydrogens (tertiary/aromatic N) is 4. The van der Waals surface area contributed by atoms with Gasteiger partial charge in [-0.3, -0.25) is 4.79 Å². The summed E-state index contributed by atoms with van der Waals surface area (Å²) < 4.78 is 6.14. The van der Waals surface area contributed by atoms with E-state index in [1.807, 2.05) is 23.1 Å². The zero-order valence-electron chi connectivity index (χ0n) is 16.7. The lowest BCUT2D eigenvalue weighted by Gasteiger charge is -2.36. The van der Waals surface area contributed by atoms with E-state index in [4.69, 9.17) is 10.5 Å². The van der Waals surface area contributed by atoms with E-state index in [0.29, 0.717) is 24.3 Å². The molecule has 1 aliphatic heterocycles. The molecule has 2 heterocycles. The summed E-state index contributed by atoms with van der Waals surface area (Å²) in [5.41, 5.74) is 8.65. The van der Waals surface area contributed by atoms with Gasteiger partial charge in [-0.1, -0.05) is 18.2 Å². The molecule has 8 nitrogen and oxygen atoms in total. The summed E-state index contributed by atoms with van der Waals surface area (Å²) in [5.74, 6) is -0.351. The maximum atomic E-state index is 12.9. The van der Waals surface area contributed by atoms with Crippen LogP contribution in [0.1, 0.15) is 20.7 Å². The van der Waals surface area contributed by atoms with E-state index in [9.17, 15) is 9.59 Å². The molecule has 1 aliphatic rings. The van der Waals surface area contributed by atoms with Crippen molar-refractivity contribution in [1.82, 2.24) is 14.7 Å². The normalized spacial score (nSPS) is 13.9. The fraction of sp³-hybridized carbons (Fsp3) is 0.227. The largest absolute Gasteiger partial charge is 0.465 e. The maximum Gasteiger partial charge on any atom is 0.343 e. The van der Waals surface area contributed by atoms with Crippen LogP contribution in [0, 0.1) is 0 Å². The average molecular weight is 405 g/mol. The van der Waals surface area contributed by atoms with E-state index >= 15 is 0 Å². The fourth-order valence-electron chi connectivity index (χ4n) is 3.57. The van der Waals surface area contributed by atoms with Gasteiger partial charge in [0.25, 0.3) is 5.91 Å². The van der Waals surface area contributed by atoms with Gasteiger partial charge in [0, 0.05) is 37.4 Å².